The van der Waals surface area contributed by atoms with Gasteiger partial charge >= 0.3 is 0 Å². The molecule has 80 valence electrons. The molecule has 4 nitrogen and oxygen atoms in total. The minimum atomic E-state index is -0.454. The number of carbonyl (C=O) groups is 1. The summed E-state index contributed by atoms with van der Waals surface area (Å²) in [4.78, 5) is 11.6. The first-order chi connectivity index (χ1) is 6.76. The van der Waals surface area contributed by atoms with Crippen molar-refractivity contribution in [1.29, 1.82) is 0 Å². The van der Waals surface area contributed by atoms with Gasteiger partial charge in [-0.3, -0.25) is 4.79 Å². The summed E-state index contributed by atoms with van der Waals surface area (Å²) in [6.07, 6.45) is 1.48. The summed E-state index contributed by atoms with van der Waals surface area (Å²) in [5, 5.41) is 2.91. The van der Waals surface area contributed by atoms with Gasteiger partial charge < -0.3 is 14.8 Å². The molecule has 2 fully saturated rings. The second-order valence-corrected chi connectivity index (χ2v) is 4.10. The van der Waals surface area contributed by atoms with E-state index in [-0.39, 0.29) is 11.4 Å². The quantitative estimate of drug-likeness (QED) is 0.695. The fourth-order valence-electron chi connectivity index (χ4n) is 1.42. The molecular formula is C9H14ClNO3. The number of alkyl halides is 1. The van der Waals surface area contributed by atoms with Crippen molar-refractivity contribution in [3.05, 3.63) is 0 Å². The van der Waals surface area contributed by atoms with Crippen LogP contribution >= 0.6 is 11.6 Å². The van der Waals surface area contributed by atoms with Crippen molar-refractivity contribution in [3.63, 3.8) is 0 Å². The maximum atomic E-state index is 11.6. The topological polar surface area (TPSA) is 47.6 Å². The van der Waals surface area contributed by atoms with Crippen LogP contribution in [0.3, 0.4) is 0 Å². The first-order valence-corrected chi connectivity index (χ1v) is 5.37. The van der Waals surface area contributed by atoms with Crippen LogP contribution in [-0.4, -0.2) is 43.3 Å². The van der Waals surface area contributed by atoms with E-state index in [9.17, 15) is 4.79 Å². The molecule has 0 aromatic carbocycles. The van der Waals surface area contributed by atoms with Crippen LogP contribution in [0, 0.1) is 0 Å². The molecule has 1 amide bonds. The Morgan fingerprint density at radius 2 is 2.29 bits per heavy atom. The van der Waals surface area contributed by atoms with Crippen molar-refractivity contribution in [2.75, 3.05) is 25.7 Å². The zero-order valence-electron chi connectivity index (χ0n) is 7.92. The van der Waals surface area contributed by atoms with E-state index in [4.69, 9.17) is 21.1 Å². The zero-order chi connectivity index (χ0) is 10.0. The Morgan fingerprint density at radius 3 is 2.79 bits per heavy atom. The standard InChI is InChI=1S/C9H14ClNO3/c10-6-9(1-2-9)11-8(12)7-5-13-3-4-14-7/h7H,1-6H2,(H,11,12). The Labute approximate surface area is 87.9 Å². The van der Waals surface area contributed by atoms with Crippen molar-refractivity contribution in [3.8, 4) is 0 Å². The molecular weight excluding hydrogens is 206 g/mol. The monoisotopic (exact) mass is 219 g/mol. The lowest BCUT2D eigenvalue weighted by Crippen LogP contribution is -2.48. The Kier molecular flexibility index (Phi) is 2.95. The van der Waals surface area contributed by atoms with Crippen molar-refractivity contribution in [1.82, 2.24) is 5.32 Å². The lowest BCUT2D eigenvalue weighted by Gasteiger charge is -2.24. The fourth-order valence-corrected chi connectivity index (χ4v) is 1.76. The molecule has 2 rings (SSSR count). The van der Waals surface area contributed by atoms with Crippen molar-refractivity contribution in [2.24, 2.45) is 0 Å². The molecule has 1 aliphatic carbocycles. The molecule has 1 heterocycles. The second kappa shape index (κ2) is 4.04. The molecule has 1 aliphatic heterocycles. The molecule has 5 heteroatoms. The highest BCUT2D eigenvalue weighted by molar-refractivity contribution is 6.19. The zero-order valence-corrected chi connectivity index (χ0v) is 8.68. The first-order valence-electron chi connectivity index (χ1n) is 4.83. The Morgan fingerprint density at radius 1 is 1.50 bits per heavy atom. The number of halogens is 1. The number of amides is 1. The fraction of sp³-hybridized carbons (Fsp3) is 0.889. The van der Waals surface area contributed by atoms with E-state index in [0.717, 1.165) is 12.8 Å². The third kappa shape index (κ3) is 2.19. The van der Waals surface area contributed by atoms with Gasteiger partial charge in [0, 0.05) is 5.88 Å². The minimum Gasteiger partial charge on any atom is -0.376 e. The molecule has 0 aromatic rings. The van der Waals surface area contributed by atoms with Crippen LogP contribution in [0.4, 0.5) is 0 Å². The third-order valence-corrected chi connectivity index (χ3v) is 3.12. The number of nitrogens with one attached hydrogen (secondary N) is 1. The third-order valence-electron chi connectivity index (χ3n) is 2.61. The lowest BCUT2D eigenvalue weighted by molar-refractivity contribution is -0.148. The summed E-state index contributed by atoms with van der Waals surface area (Å²) in [6, 6.07) is 0. The number of carbonyl (C=O) groups excluding carboxylic acids is 1. The Bertz CT molecular complexity index is 224. The summed E-state index contributed by atoms with van der Waals surface area (Å²) in [5.74, 6) is 0.384. The van der Waals surface area contributed by atoms with E-state index in [1.807, 2.05) is 0 Å². The average Bonchev–Trinajstić information content (AvgIpc) is 3.00. The Balaban J connectivity index is 1.82. The molecule has 0 aromatic heterocycles. The van der Waals surface area contributed by atoms with Crippen LogP contribution in [0.25, 0.3) is 0 Å². The average molecular weight is 220 g/mol. The van der Waals surface area contributed by atoms with Gasteiger partial charge in [0.1, 0.15) is 0 Å². The summed E-state index contributed by atoms with van der Waals surface area (Å²) >= 11 is 5.75. The summed E-state index contributed by atoms with van der Waals surface area (Å²) in [7, 11) is 0. The van der Waals surface area contributed by atoms with Gasteiger partial charge in [0.2, 0.25) is 0 Å². The highest BCUT2D eigenvalue weighted by Crippen LogP contribution is 2.36. The van der Waals surface area contributed by atoms with Crippen LogP contribution in [0.1, 0.15) is 12.8 Å². The number of rotatable bonds is 3. The highest BCUT2D eigenvalue weighted by Gasteiger charge is 2.44. The molecule has 2 aliphatic rings. The van der Waals surface area contributed by atoms with Crippen LogP contribution in [0.2, 0.25) is 0 Å². The second-order valence-electron chi connectivity index (χ2n) is 3.84. The predicted octanol–water partition coefficient (Wildman–Crippen LogP) is 0.289. The van der Waals surface area contributed by atoms with Crippen LogP contribution < -0.4 is 5.32 Å². The van der Waals surface area contributed by atoms with Crippen LogP contribution in [-0.2, 0) is 14.3 Å². The van der Waals surface area contributed by atoms with Gasteiger partial charge in [-0.2, -0.15) is 0 Å². The lowest BCUT2D eigenvalue weighted by atomic mass is 10.2. The van der Waals surface area contributed by atoms with E-state index < -0.39 is 6.10 Å². The minimum absolute atomic E-state index is 0.0946. The molecule has 1 atom stereocenters. The van der Waals surface area contributed by atoms with E-state index in [0.29, 0.717) is 25.7 Å². The van der Waals surface area contributed by atoms with Gasteiger partial charge in [0.05, 0.1) is 25.4 Å². The molecule has 1 N–H and O–H groups in total. The molecule has 0 bridgehead atoms. The highest BCUT2D eigenvalue weighted by atomic mass is 35.5. The molecule has 14 heavy (non-hydrogen) atoms. The normalized spacial score (nSPS) is 29.6. The van der Waals surface area contributed by atoms with Gasteiger partial charge in [-0.05, 0) is 12.8 Å². The van der Waals surface area contributed by atoms with E-state index in [1.54, 1.807) is 0 Å². The van der Waals surface area contributed by atoms with Crippen LogP contribution in [0.15, 0.2) is 0 Å². The van der Waals surface area contributed by atoms with Crippen molar-refractivity contribution < 1.29 is 14.3 Å². The van der Waals surface area contributed by atoms with Gasteiger partial charge in [-0.25, -0.2) is 0 Å². The number of ether oxygens (including phenoxy) is 2. The maximum Gasteiger partial charge on any atom is 0.252 e. The number of hydrogen-bond acceptors (Lipinski definition) is 3. The van der Waals surface area contributed by atoms with E-state index in [2.05, 4.69) is 5.32 Å². The SMILES string of the molecule is O=C(NC1(CCl)CC1)C1COCCO1. The van der Waals surface area contributed by atoms with E-state index in [1.165, 1.54) is 0 Å². The number of hydrogen-bond donors (Lipinski definition) is 1. The molecule has 0 radical (unpaired) electrons. The Hall–Kier alpha value is -0.320. The van der Waals surface area contributed by atoms with Gasteiger partial charge in [-0.15, -0.1) is 11.6 Å². The van der Waals surface area contributed by atoms with Crippen LogP contribution in [0.5, 0.6) is 0 Å². The van der Waals surface area contributed by atoms with Crippen molar-refractivity contribution in [2.45, 2.75) is 24.5 Å². The van der Waals surface area contributed by atoms with E-state index >= 15 is 0 Å². The maximum absolute atomic E-state index is 11.6. The van der Waals surface area contributed by atoms with Gasteiger partial charge in [0.25, 0.3) is 5.91 Å². The molecule has 1 unspecified atom stereocenters. The first kappa shape index (κ1) is 10.2. The molecule has 1 saturated carbocycles. The summed E-state index contributed by atoms with van der Waals surface area (Å²) in [5.41, 5.74) is -0.153. The molecule has 1 saturated heterocycles. The van der Waals surface area contributed by atoms with Crippen molar-refractivity contribution >= 4 is 17.5 Å². The molecule has 0 spiro atoms. The van der Waals surface area contributed by atoms with Gasteiger partial charge in [0.15, 0.2) is 6.10 Å². The van der Waals surface area contributed by atoms with Gasteiger partial charge in [-0.1, -0.05) is 0 Å². The summed E-state index contributed by atoms with van der Waals surface area (Å²) in [6.45, 7) is 1.42. The predicted molar refractivity (Wildman–Crippen MR) is 51.4 cm³/mol. The summed E-state index contributed by atoms with van der Waals surface area (Å²) < 4.78 is 10.4. The largest absolute Gasteiger partial charge is 0.376 e. The smallest absolute Gasteiger partial charge is 0.252 e.